The second-order valence-electron chi connectivity index (χ2n) is 4.32. The van der Waals surface area contributed by atoms with Crippen LogP contribution in [0.15, 0.2) is 35.3 Å². The molecule has 1 aromatic carbocycles. The number of carboxylic acid groups (broad SMARTS) is 1. The lowest BCUT2D eigenvalue weighted by Gasteiger charge is -2.09. The molecule has 1 amide bonds. The maximum absolute atomic E-state index is 13.7. The largest absolute Gasteiger partial charge is 0.478 e. The molecule has 2 aromatic rings. The summed E-state index contributed by atoms with van der Waals surface area (Å²) in [5.41, 5.74) is -1.09. The molecule has 108 valence electrons. The second-order valence-corrected chi connectivity index (χ2v) is 4.32. The second kappa shape index (κ2) is 5.58. The number of pyridine rings is 1. The molecule has 3 N–H and O–H groups in total. The van der Waals surface area contributed by atoms with Crippen molar-refractivity contribution in [1.29, 1.82) is 0 Å². The van der Waals surface area contributed by atoms with Crippen LogP contribution < -0.4 is 10.7 Å². The molecule has 0 aliphatic carbocycles. The molecular formula is C14H11FN2O4. The number of carbonyl (C=O) groups is 2. The van der Waals surface area contributed by atoms with Gasteiger partial charge < -0.3 is 15.4 Å². The first-order chi connectivity index (χ1) is 9.90. The summed E-state index contributed by atoms with van der Waals surface area (Å²) in [7, 11) is 0. The molecule has 0 fully saturated rings. The lowest BCUT2D eigenvalue weighted by atomic mass is 10.1. The van der Waals surface area contributed by atoms with Gasteiger partial charge in [0.25, 0.3) is 5.91 Å². The number of carbonyl (C=O) groups excluding carboxylic acids is 1. The number of aromatic carboxylic acids is 1. The van der Waals surface area contributed by atoms with Crippen LogP contribution in [-0.2, 0) is 0 Å². The standard InChI is InChI=1S/C14H11FN2O4/c1-7-5-11(18)9(6-16-7)13(19)17-12-8(14(20)21)3-2-4-10(12)15/h2-6H,1H3,(H,16,18)(H,17,19)(H,20,21). The van der Waals surface area contributed by atoms with Gasteiger partial charge in [-0.1, -0.05) is 6.07 Å². The van der Waals surface area contributed by atoms with E-state index in [1.54, 1.807) is 6.92 Å². The molecule has 0 saturated carbocycles. The summed E-state index contributed by atoms with van der Waals surface area (Å²) in [6, 6.07) is 4.60. The first-order valence-electron chi connectivity index (χ1n) is 5.92. The maximum Gasteiger partial charge on any atom is 0.337 e. The van der Waals surface area contributed by atoms with Crippen LogP contribution in [0, 0.1) is 12.7 Å². The third-order valence-electron chi connectivity index (χ3n) is 2.78. The van der Waals surface area contributed by atoms with Crippen molar-refractivity contribution in [3.8, 4) is 0 Å². The SMILES string of the molecule is Cc1cc(=O)c(C(=O)Nc2c(F)cccc2C(=O)O)c[nH]1. The first-order valence-corrected chi connectivity index (χ1v) is 5.92. The molecule has 6 nitrogen and oxygen atoms in total. The number of carboxylic acids is 1. The Hall–Kier alpha value is -2.96. The van der Waals surface area contributed by atoms with Gasteiger partial charge in [-0.15, -0.1) is 0 Å². The number of benzene rings is 1. The van der Waals surface area contributed by atoms with Crippen LogP contribution in [0.5, 0.6) is 0 Å². The molecule has 0 aliphatic rings. The number of aromatic nitrogens is 1. The number of halogens is 1. The smallest absolute Gasteiger partial charge is 0.337 e. The summed E-state index contributed by atoms with van der Waals surface area (Å²) in [5, 5.41) is 11.1. The van der Waals surface area contributed by atoms with Crippen LogP contribution in [0.1, 0.15) is 26.4 Å². The fraction of sp³-hybridized carbons (Fsp3) is 0.0714. The number of hydrogen-bond acceptors (Lipinski definition) is 3. The van der Waals surface area contributed by atoms with E-state index < -0.39 is 34.4 Å². The van der Waals surface area contributed by atoms with Gasteiger partial charge in [-0.3, -0.25) is 9.59 Å². The van der Waals surface area contributed by atoms with Gasteiger partial charge in [0, 0.05) is 18.0 Å². The molecule has 2 rings (SSSR count). The zero-order chi connectivity index (χ0) is 15.6. The average Bonchev–Trinajstić information content (AvgIpc) is 2.40. The van der Waals surface area contributed by atoms with Crippen LogP contribution in [0.2, 0.25) is 0 Å². The minimum atomic E-state index is -1.39. The molecule has 0 aliphatic heterocycles. The van der Waals surface area contributed by atoms with Crippen molar-refractivity contribution in [2.24, 2.45) is 0 Å². The number of hydrogen-bond donors (Lipinski definition) is 3. The van der Waals surface area contributed by atoms with Crippen LogP contribution in [0.25, 0.3) is 0 Å². The Bertz CT molecular complexity index is 783. The Kier molecular flexibility index (Phi) is 3.84. The van der Waals surface area contributed by atoms with E-state index in [0.717, 1.165) is 12.1 Å². The number of para-hydroxylation sites is 1. The minimum Gasteiger partial charge on any atom is -0.478 e. The van der Waals surface area contributed by atoms with Gasteiger partial charge in [-0.05, 0) is 19.1 Å². The molecule has 1 aromatic heterocycles. The topological polar surface area (TPSA) is 99.3 Å². The lowest BCUT2D eigenvalue weighted by molar-refractivity contribution is 0.0697. The van der Waals surface area contributed by atoms with E-state index >= 15 is 0 Å². The van der Waals surface area contributed by atoms with E-state index in [0.29, 0.717) is 5.69 Å². The van der Waals surface area contributed by atoms with Crippen molar-refractivity contribution in [3.05, 3.63) is 63.3 Å². The summed E-state index contributed by atoms with van der Waals surface area (Å²) in [6.45, 7) is 1.64. The van der Waals surface area contributed by atoms with Gasteiger partial charge in [0.05, 0.1) is 11.3 Å². The molecule has 7 heteroatoms. The molecule has 21 heavy (non-hydrogen) atoms. The summed E-state index contributed by atoms with van der Waals surface area (Å²) < 4.78 is 13.7. The third-order valence-corrected chi connectivity index (χ3v) is 2.78. The van der Waals surface area contributed by atoms with Gasteiger partial charge in [0.15, 0.2) is 5.43 Å². The quantitative estimate of drug-likeness (QED) is 0.802. The molecule has 0 unspecified atom stereocenters. The van der Waals surface area contributed by atoms with Crippen molar-refractivity contribution in [2.75, 3.05) is 5.32 Å². The molecule has 0 bridgehead atoms. The zero-order valence-electron chi connectivity index (χ0n) is 10.9. The van der Waals surface area contributed by atoms with Crippen molar-refractivity contribution in [1.82, 2.24) is 4.98 Å². The number of nitrogens with one attached hydrogen (secondary N) is 2. The summed E-state index contributed by atoms with van der Waals surface area (Å²) in [4.78, 5) is 37.4. The predicted molar refractivity (Wildman–Crippen MR) is 73.1 cm³/mol. The minimum absolute atomic E-state index is 0.236. The van der Waals surface area contributed by atoms with E-state index in [2.05, 4.69) is 10.3 Å². The van der Waals surface area contributed by atoms with E-state index in [-0.39, 0.29) is 5.56 Å². The van der Waals surface area contributed by atoms with Crippen molar-refractivity contribution in [2.45, 2.75) is 6.92 Å². The van der Waals surface area contributed by atoms with E-state index in [9.17, 15) is 18.8 Å². The van der Waals surface area contributed by atoms with E-state index in [4.69, 9.17) is 5.11 Å². The van der Waals surface area contributed by atoms with E-state index in [1.165, 1.54) is 18.3 Å². The Morgan fingerprint density at radius 3 is 2.62 bits per heavy atom. The molecule has 0 radical (unpaired) electrons. The Labute approximate surface area is 118 Å². The van der Waals surface area contributed by atoms with Crippen LogP contribution >= 0.6 is 0 Å². The van der Waals surface area contributed by atoms with Gasteiger partial charge in [-0.25, -0.2) is 9.18 Å². The Balaban J connectivity index is 2.41. The van der Waals surface area contributed by atoms with Gasteiger partial charge in [0.2, 0.25) is 0 Å². The van der Waals surface area contributed by atoms with Crippen LogP contribution in [0.3, 0.4) is 0 Å². The average molecular weight is 290 g/mol. The lowest BCUT2D eigenvalue weighted by Crippen LogP contribution is -2.23. The predicted octanol–water partition coefficient (Wildman–Crippen LogP) is 1.77. The van der Waals surface area contributed by atoms with Gasteiger partial charge >= 0.3 is 5.97 Å². The molecule has 1 heterocycles. The fourth-order valence-corrected chi connectivity index (χ4v) is 1.76. The van der Waals surface area contributed by atoms with Crippen molar-refractivity contribution < 1.29 is 19.1 Å². The highest BCUT2D eigenvalue weighted by atomic mass is 19.1. The maximum atomic E-state index is 13.7. The number of aryl methyl sites for hydroxylation is 1. The Morgan fingerprint density at radius 1 is 1.29 bits per heavy atom. The number of anilines is 1. The fourth-order valence-electron chi connectivity index (χ4n) is 1.76. The van der Waals surface area contributed by atoms with Crippen molar-refractivity contribution >= 4 is 17.6 Å². The molecule has 0 saturated heterocycles. The summed E-state index contributed by atoms with van der Waals surface area (Å²) >= 11 is 0. The summed E-state index contributed by atoms with van der Waals surface area (Å²) in [6.07, 6.45) is 1.19. The molecule has 0 spiro atoms. The van der Waals surface area contributed by atoms with Gasteiger partial charge in [0.1, 0.15) is 11.4 Å². The van der Waals surface area contributed by atoms with Gasteiger partial charge in [-0.2, -0.15) is 0 Å². The number of rotatable bonds is 3. The normalized spacial score (nSPS) is 10.2. The zero-order valence-corrected chi connectivity index (χ0v) is 10.9. The number of amides is 1. The summed E-state index contributed by atoms with van der Waals surface area (Å²) in [5.74, 6) is -3.17. The molecule has 0 atom stereocenters. The third kappa shape index (κ3) is 2.97. The Morgan fingerprint density at radius 2 is 2.00 bits per heavy atom. The monoisotopic (exact) mass is 290 g/mol. The number of aromatic amines is 1. The highest BCUT2D eigenvalue weighted by Gasteiger charge is 2.18. The molecular weight excluding hydrogens is 279 g/mol. The highest BCUT2D eigenvalue weighted by Crippen LogP contribution is 2.20. The van der Waals surface area contributed by atoms with E-state index in [1.807, 2.05) is 0 Å². The first kappa shape index (κ1) is 14.4. The number of H-pyrrole nitrogens is 1. The highest BCUT2D eigenvalue weighted by molar-refractivity contribution is 6.07. The van der Waals surface area contributed by atoms with Crippen LogP contribution in [0.4, 0.5) is 10.1 Å². The van der Waals surface area contributed by atoms with Crippen molar-refractivity contribution in [3.63, 3.8) is 0 Å². The van der Waals surface area contributed by atoms with Crippen LogP contribution in [-0.4, -0.2) is 22.0 Å².